The molecule has 3 rings (SSSR count). The molecule has 5 heteroatoms. The topological polar surface area (TPSA) is 75.3 Å². The van der Waals surface area contributed by atoms with Gasteiger partial charge in [0, 0.05) is 0 Å². The molecule has 24 heavy (non-hydrogen) atoms. The van der Waals surface area contributed by atoms with Gasteiger partial charge in [-0.05, 0) is 23.1 Å². The van der Waals surface area contributed by atoms with Crippen LogP contribution in [0, 0.1) is 0 Å². The van der Waals surface area contributed by atoms with Gasteiger partial charge in [-0.1, -0.05) is 60.7 Å². The Labute approximate surface area is 139 Å². The van der Waals surface area contributed by atoms with Crippen LogP contribution in [0.2, 0.25) is 0 Å². The van der Waals surface area contributed by atoms with Gasteiger partial charge in [-0.2, -0.15) is 0 Å². The van der Waals surface area contributed by atoms with Gasteiger partial charge in [0.2, 0.25) is 11.8 Å². The molecule has 4 amide bonds. The summed E-state index contributed by atoms with van der Waals surface area (Å²) in [5, 5.41) is 4.35. The van der Waals surface area contributed by atoms with E-state index in [9.17, 15) is 14.4 Å². The highest BCUT2D eigenvalue weighted by Gasteiger charge is 2.50. The molecule has 0 aliphatic carbocycles. The molecule has 0 radical (unpaired) electrons. The number of hydrogen-bond donors (Lipinski definition) is 2. The van der Waals surface area contributed by atoms with Crippen molar-refractivity contribution in [3.8, 4) is 11.1 Å². The molecule has 0 bridgehead atoms. The second-order valence-corrected chi connectivity index (χ2v) is 5.58. The second kappa shape index (κ2) is 6.12. The highest BCUT2D eigenvalue weighted by molar-refractivity contribution is 6.23. The molecule has 0 saturated carbocycles. The van der Waals surface area contributed by atoms with E-state index in [1.54, 1.807) is 12.1 Å². The van der Waals surface area contributed by atoms with Crippen molar-refractivity contribution in [2.75, 3.05) is 0 Å². The monoisotopic (exact) mass is 320 g/mol. The zero-order valence-corrected chi connectivity index (χ0v) is 12.9. The predicted molar refractivity (Wildman–Crippen MR) is 90.1 cm³/mol. The van der Waals surface area contributed by atoms with Gasteiger partial charge in [-0.3, -0.25) is 20.2 Å². The Bertz CT molecular complexity index is 790. The van der Waals surface area contributed by atoms with Crippen LogP contribution in [-0.2, 0) is 15.0 Å². The van der Waals surface area contributed by atoms with Crippen LogP contribution in [0.25, 0.3) is 11.1 Å². The molecule has 0 unspecified atom stereocenters. The summed E-state index contributed by atoms with van der Waals surface area (Å²) in [4.78, 5) is 36.2. The maximum Gasteiger partial charge on any atom is 0.328 e. The van der Waals surface area contributed by atoms with Gasteiger partial charge in [-0.15, -0.1) is 6.58 Å². The average Bonchev–Trinajstić information content (AvgIpc) is 2.59. The molecule has 1 heterocycles. The molecule has 120 valence electrons. The highest BCUT2D eigenvalue weighted by Crippen LogP contribution is 2.32. The maximum absolute atomic E-state index is 12.4. The van der Waals surface area contributed by atoms with Crippen molar-refractivity contribution < 1.29 is 14.4 Å². The van der Waals surface area contributed by atoms with E-state index in [1.165, 1.54) is 6.08 Å². The lowest BCUT2D eigenvalue weighted by atomic mass is 9.74. The van der Waals surface area contributed by atoms with Crippen LogP contribution in [-0.4, -0.2) is 17.8 Å². The first-order valence-corrected chi connectivity index (χ1v) is 7.51. The number of nitrogens with one attached hydrogen (secondary N) is 2. The first-order chi connectivity index (χ1) is 11.6. The minimum atomic E-state index is -1.48. The van der Waals surface area contributed by atoms with Crippen LogP contribution in [0.3, 0.4) is 0 Å². The van der Waals surface area contributed by atoms with Crippen molar-refractivity contribution in [1.29, 1.82) is 0 Å². The summed E-state index contributed by atoms with van der Waals surface area (Å²) in [7, 11) is 0. The van der Waals surface area contributed by atoms with E-state index < -0.39 is 23.3 Å². The normalized spacial score (nSPS) is 16.2. The number of carbonyl (C=O) groups excluding carboxylic acids is 3. The minimum absolute atomic E-state index is 0.0998. The summed E-state index contributed by atoms with van der Waals surface area (Å²) in [6, 6.07) is 16.2. The fourth-order valence-corrected chi connectivity index (χ4v) is 2.91. The van der Waals surface area contributed by atoms with E-state index in [0.717, 1.165) is 11.1 Å². The Balaban J connectivity index is 2.04. The molecule has 0 atom stereocenters. The Morgan fingerprint density at radius 1 is 0.833 bits per heavy atom. The third-order valence-corrected chi connectivity index (χ3v) is 4.16. The average molecular weight is 320 g/mol. The zero-order valence-electron chi connectivity index (χ0n) is 12.9. The quantitative estimate of drug-likeness (QED) is 0.671. The molecule has 2 N–H and O–H groups in total. The molecule has 5 nitrogen and oxygen atoms in total. The van der Waals surface area contributed by atoms with E-state index >= 15 is 0 Å². The lowest BCUT2D eigenvalue weighted by Crippen LogP contribution is -2.64. The number of barbiturate groups is 1. The van der Waals surface area contributed by atoms with E-state index in [2.05, 4.69) is 17.2 Å². The summed E-state index contributed by atoms with van der Waals surface area (Å²) >= 11 is 0. The minimum Gasteiger partial charge on any atom is -0.277 e. The zero-order chi connectivity index (χ0) is 17.2. The third-order valence-electron chi connectivity index (χ3n) is 4.16. The van der Waals surface area contributed by atoms with Gasteiger partial charge in [0.1, 0.15) is 0 Å². The number of benzene rings is 2. The van der Waals surface area contributed by atoms with Crippen molar-refractivity contribution in [2.24, 2.45) is 0 Å². The Morgan fingerprint density at radius 3 is 1.92 bits per heavy atom. The van der Waals surface area contributed by atoms with Gasteiger partial charge >= 0.3 is 6.03 Å². The van der Waals surface area contributed by atoms with Crippen LogP contribution in [0.4, 0.5) is 4.79 Å². The summed E-state index contributed by atoms with van der Waals surface area (Å²) in [5.41, 5.74) is 1.05. The van der Waals surface area contributed by atoms with Gasteiger partial charge in [-0.25, -0.2) is 4.79 Å². The molecule has 2 aromatic rings. The third kappa shape index (κ3) is 2.50. The van der Waals surface area contributed by atoms with Crippen LogP contribution in [0.1, 0.15) is 12.0 Å². The van der Waals surface area contributed by atoms with Crippen molar-refractivity contribution in [3.05, 3.63) is 72.8 Å². The summed E-state index contributed by atoms with van der Waals surface area (Å²) in [6.45, 7) is 3.63. The van der Waals surface area contributed by atoms with Crippen molar-refractivity contribution in [3.63, 3.8) is 0 Å². The fourth-order valence-electron chi connectivity index (χ4n) is 2.91. The number of allylic oxidation sites excluding steroid dienone is 1. The van der Waals surface area contributed by atoms with E-state index in [-0.39, 0.29) is 6.42 Å². The number of urea groups is 1. The van der Waals surface area contributed by atoms with Crippen molar-refractivity contribution in [1.82, 2.24) is 10.6 Å². The number of imide groups is 2. The molecule has 1 fully saturated rings. The van der Waals surface area contributed by atoms with Crippen LogP contribution >= 0.6 is 0 Å². The SMILES string of the molecule is C=CCC1(c2ccc(-c3ccccc3)cc2)C(=O)NC(=O)NC1=O. The Morgan fingerprint density at radius 2 is 1.38 bits per heavy atom. The molecule has 2 aromatic carbocycles. The van der Waals surface area contributed by atoms with Crippen molar-refractivity contribution >= 4 is 17.8 Å². The van der Waals surface area contributed by atoms with Gasteiger partial charge in [0.25, 0.3) is 0 Å². The molecule has 0 aromatic heterocycles. The van der Waals surface area contributed by atoms with Crippen molar-refractivity contribution in [2.45, 2.75) is 11.8 Å². The summed E-state index contributed by atoms with van der Waals surface area (Å²) < 4.78 is 0. The van der Waals surface area contributed by atoms with E-state index in [0.29, 0.717) is 5.56 Å². The van der Waals surface area contributed by atoms with Gasteiger partial charge in [0.15, 0.2) is 5.41 Å². The summed E-state index contributed by atoms with van der Waals surface area (Å²) in [6.07, 6.45) is 1.60. The second-order valence-electron chi connectivity index (χ2n) is 5.58. The lowest BCUT2D eigenvalue weighted by molar-refractivity contribution is -0.138. The Hall–Kier alpha value is -3.21. The largest absolute Gasteiger partial charge is 0.328 e. The molecular formula is C19H16N2O3. The molecule has 0 spiro atoms. The predicted octanol–water partition coefficient (Wildman–Crippen LogP) is 2.53. The van der Waals surface area contributed by atoms with E-state index in [1.807, 2.05) is 42.5 Å². The number of rotatable bonds is 4. The molecule has 1 aliphatic heterocycles. The molecule has 1 aliphatic rings. The first-order valence-electron chi connectivity index (χ1n) is 7.51. The van der Waals surface area contributed by atoms with Crippen LogP contribution < -0.4 is 10.6 Å². The maximum atomic E-state index is 12.4. The fraction of sp³-hybridized carbons (Fsp3) is 0.105. The van der Waals surface area contributed by atoms with Gasteiger partial charge < -0.3 is 0 Å². The summed E-state index contributed by atoms with van der Waals surface area (Å²) in [5.74, 6) is -1.27. The molecule has 1 saturated heterocycles. The van der Waals surface area contributed by atoms with Crippen LogP contribution in [0.5, 0.6) is 0 Å². The van der Waals surface area contributed by atoms with E-state index in [4.69, 9.17) is 0 Å². The number of amides is 4. The van der Waals surface area contributed by atoms with Gasteiger partial charge in [0.05, 0.1) is 0 Å². The number of hydrogen-bond acceptors (Lipinski definition) is 3. The Kier molecular flexibility index (Phi) is 4.00. The smallest absolute Gasteiger partial charge is 0.277 e. The lowest BCUT2D eigenvalue weighted by Gasteiger charge is -2.33. The standard InChI is InChI=1S/C19H16N2O3/c1-2-12-19(16(22)20-18(24)21-17(19)23)15-10-8-14(9-11-15)13-6-4-3-5-7-13/h2-11H,1,12H2,(H2,20,21,22,23,24). The van der Waals surface area contributed by atoms with Crippen LogP contribution in [0.15, 0.2) is 67.3 Å². The molecular weight excluding hydrogens is 304 g/mol. The highest BCUT2D eigenvalue weighted by atomic mass is 16.2. The first kappa shape index (κ1) is 15.7. The number of carbonyl (C=O) groups is 3.